The molecular formula is C10H18N2. The van der Waals surface area contributed by atoms with Crippen molar-refractivity contribution in [2.24, 2.45) is 0 Å². The minimum Gasteiger partial charge on any atom is -0.373 e. The number of rotatable bonds is 4. The van der Waals surface area contributed by atoms with E-state index in [-0.39, 0.29) is 0 Å². The lowest BCUT2D eigenvalue weighted by Crippen LogP contribution is -2.24. The van der Waals surface area contributed by atoms with Gasteiger partial charge in [-0.1, -0.05) is 6.58 Å². The Hall–Kier alpha value is -1.05. The second-order valence-corrected chi connectivity index (χ2v) is 3.21. The van der Waals surface area contributed by atoms with Crippen LogP contribution in [0.2, 0.25) is 0 Å². The summed E-state index contributed by atoms with van der Waals surface area (Å²) in [6.07, 6.45) is 3.61. The Morgan fingerprint density at radius 3 is 2.25 bits per heavy atom. The number of hydrogen-bond acceptors (Lipinski definition) is 2. The Labute approximate surface area is 75.1 Å². The van der Waals surface area contributed by atoms with Gasteiger partial charge in [-0.15, -0.1) is 0 Å². The van der Waals surface area contributed by atoms with Crippen LogP contribution in [0.1, 0.15) is 20.8 Å². The summed E-state index contributed by atoms with van der Waals surface area (Å²) in [4.78, 5) is 2.07. The van der Waals surface area contributed by atoms with Crippen molar-refractivity contribution in [2.75, 3.05) is 7.05 Å². The Balaban J connectivity index is 4.13. The molecule has 0 aliphatic heterocycles. The van der Waals surface area contributed by atoms with E-state index in [9.17, 15) is 0 Å². The Kier molecular flexibility index (Phi) is 4.34. The minimum absolute atomic E-state index is 0.452. The van der Waals surface area contributed by atoms with Crippen molar-refractivity contribution in [2.45, 2.75) is 26.8 Å². The largest absolute Gasteiger partial charge is 0.373 e. The minimum atomic E-state index is 0.452. The zero-order valence-corrected chi connectivity index (χ0v) is 8.39. The summed E-state index contributed by atoms with van der Waals surface area (Å²) >= 11 is 0. The van der Waals surface area contributed by atoms with E-state index >= 15 is 0 Å². The van der Waals surface area contributed by atoms with Gasteiger partial charge in [0.25, 0.3) is 0 Å². The molecule has 0 spiro atoms. The monoisotopic (exact) mass is 166 g/mol. The van der Waals surface area contributed by atoms with Crippen LogP contribution in [0, 0.1) is 5.41 Å². The van der Waals surface area contributed by atoms with Gasteiger partial charge in [0.2, 0.25) is 0 Å². The fourth-order valence-corrected chi connectivity index (χ4v) is 0.670. The van der Waals surface area contributed by atoms with Crippen molar-refractivity contribution in [3.05, 3.63) is 24.4 Å². The number of nitrogens with zero attached hydrogens (tertiary/aromatic N) is 1. The van der Waals surface area contributed by atoms with E-state index in [1.54, 1.807) is 13.0 Å². The summed E-state index contributed by atoms with van der Waals surface area (Å²) in [6, 6.07) is 0.452. The smallest absolute Gasteiger partial charge is 0.0293 e. The van der Waals surface area contributed by atoms with Crippen LogP contribution in [-0.2, 0) is 0 Å². The lowest BCUT2D eigenvalue weighted by Gasteiger charge is -2.23. The molecule has 0 aliphatic carbocycles. The van der Waals surface area contributed by atoms with E-state index in [1.807, 2.05) is 13.1 Å². The van der Waals surface area contributed by atoms with Crippen molar-refractivity contribution in [3.63, 3.8) is 0 Å². The summed E-state index contributed by atoms with van der Waals surface area (Å²) in [7, 11) is 2.00. The van der Waals surface area contributed by atoms with Crippen LogP contribution in [-0.4, -0.2) is 23.7 Å². The van der Waals surface area contributed by atoms with Gasteiger partial charge in [-0.3, -0.25) is 0 Å². The third-order valence-corrected chi connectivity index (χ3v) is 1.75. The Morgan fingerprint density at radius 1 is 1.42 bits per heavy atom. The average molecular weight is 166 g/mol. The molecule has 0 fully saturated rings. The van der Waals surface area contributed by atoms with Crippen LogP contribution in [0.15, 0.2) is 24.4 Å². The average Bonchev–Trinajstić information content (AvgIpc) is 1.98. The maximum atomic E-state index is 7.19. The molecule has 0 unspecified atom stereocenters. The van der Waals surface area contributed by atoms with Gasteiger partial charge in [-0.05, 0) is 32.9 Å². The van der Waals surface area contributed by atoms with Crippen molar-refractivity contribution >= 4 is 5.71 Å². The summed E-state index contributed by atoms with van der Waals surface area (Å²) in [5, 5.41) is 7.19. The van der Waals surface area contributed by atoms with E-state index in [4.69, 9.17) is 5.41 Å². The lowest BCUT2D eigenvalue weighted by atomic mass is 10.2. The molecule has 12 heavy (non-hydrogen) atoms. The van der Waals surface area contributed by atoms with Crippen LogP contribution < -0.4 is 0 Å². The van der Waals surface area contributed by atoms with Crippen molar-refractivity contribution in [1.82, 2.24) is 4.90 Å². The highest BCUT2D eigenvalue weighted by Crippen LogP contribution is 2.04. The van der Waals surface area contributed by atoms with E-state index in [0.29, 0.717) is 11.8 Å². The molecule has 68 valence electrons. The molecule has 2 heteroatoms. The zero-order valence-electron chi connectivity index (χ0n) is 8.39. The molecule has 0 aromatic carbocycles. The highest BCUT2D eigenvalue weighted by Gasteiger charge is 2.01. The fourth-order valence-electron chi connectivity index (χ4n) is 0.670. The van der Waals surface area contributed by atoms with E-state index in [0.717, 1.165) is 5.70 Å². The van der Waals surface area contributed by atoms with Crippen molar-refractivity contribution in [1.29, 1.82) is 5.41 Å². The molecule has 0 saturated carbocycles. The molecule has 0 aromatic rings. The van der Waals surface area contributed by atoms with Gasteiger partial charge in [0.15, 0.2) is 0 Å². The molecule has 0 aliphatic rings. The third-order valence-electron chi connectivity index (χ3n) is 1.75. The second kappa shape index (κ2) is 4.75. The maximum Gasteiger partial charge on any atom is 0.0293 e. The maximum absolute atomic E-state index is 7.19. The third kappa shape index (κ3) is 3.96. The first-order chi connectivity index (χ1) is 5.45. The number of likely N-dealkylation sites (N-methyl/N-ethyl adjacent to an activating group) is 1. The predicted molar refractivity (Wildman–Crippen MR) is 54.6 cm³/mol. The summed E-state index contributed by atoms with van der Waals surface area (Å²) < 4.78 is 0. The van der Waals surface area contributed by atoms with Gasteiger partial charge < -0.3 is 10.3 Å². The number of hydrogen-bond donors (Lipinski definition) is 1. The molecule has 0 atom stereocenters. The first-order valence-corrected chi connectivity index (χ1v) is 4.10. The molecule has 0 rings (SSSR count). The summed E-state index contributed by atoms with van der Waals surface area (Å²) in [5.74, 6) is 0. The number of nitrogens with one attached hydrogen (secondary N) is 1. The first kappa shape index (κ1) is 11.0. The van der Waals surface area contributed by atoms with Crippen LogP contribution in [0.25, 0.3) is 0 Å². The molecule has 0 amide bonds. The van der Waals surface area contributed by atoms with Gasteiger partial charge in [-0.2, -0.15) is 0 Å². The van der Waals surface area contributed by atoms with Crippen molar-refractivity contribution in [3.8, 4) is 0 Å². The molecule has 1 N–H and O–H groups in total. The normalized spacial score (nSPS) is 10.8. The predicted octanol–water partition coefficient (Wildman–Crippen LogP) is 2.44. The Bertz CT molecular complexity index is 202. The quantitative estimate of drug-likeness (QED) is 0.504. The van der Waals surface area contributed by atoms with Crippen LogP contribution in [0.3, 0.4) is 0 Å². The van der Waals surface area contributed by atoms with Gasteiger partial charge in [0, 0.05) is 24.5 Å². The first-order valence-electron chi connectivity index (χ1n) is 4.10. The molecule has 2 nitrogen and oxygen atoms in total. The van der Waals surface area contributed by atoms with E-state index in [1.165, 1.54) is 0 Å². The fraction of sp³-hybridized carbons (Fsp3) is 0.500. The topological polar surface area (TPSA) is 27.1 Å². The molecule has 0 radical (unpaired) electrons. The van der Waals surface area contributed by atoms with E-state index < -0.39 is 0 Å². The summed E-state index contributed by atoms with van der Waals surface area (Å²) in [5.41, 5.74) is 1.49. The molecule has 0 bridgehead atoms. The highest BCUT2D eigenvalue weighted by atomic mass is 15.1. The summed E-state index contributed by atoms with van der Waals surface area (Å²) in [6.45, 7) is 9.85. The number of allylic oxidation sites excluding steroid dienone is 2. The highest BCUT2D eigenvalue weighted by molar-refractivity contribution is 5.90. The lowest BCUT2D eigenvalue weighted by molar-refractivity contribution is 0.356. The Morgan fingerprint density at radius 2 is 1.92 bits per heavy atom. The van der Waals surface area contributed by atoms with E-state index in [2.05, 4.69) is 25.3 Å². The van der Waals surface area contributed by atoms with Crippen LogP contribution >= 0.6 is 0 Å². The molecule has 0 saturated heterocycles. The molecule has 0 heterocycles. The standard InChI is InChI=1S/C10H18N2/c1-8(2)12(5)10(4)7-6-9(3)11/h6-8,11H,4H2,1-3,5H3/b7-6-,11-9?. The second-order valence-electron chi connectivity index (χ2n) is 3.21. The molecule has 0 aromatic heterocycles. The zero-order chi connectivity index (χ0) is 9.72. The van der Waals surface area contributed by atoms with Crippen LogP contribution in [0.4, 0.5) is 0 Å². The van der Waals surface area contributed by atoms with Gasteiger partial charge in [-0.25, -0.2) is 0 Å². The van der Waals surface area contributed by atoms with Gasteiger partial charge in [0.1, 0.15) is 0 Å². The van der Waals surface area contributed by atoms with Crippen molar-refractivity contribution < 1.29 is 0 Å². The van der Waals surface area contributed by atoms with Gasteiger partial charge in [0.05, 0.1) is 0 Å². The molecular weight excluding hydrogens is 148 g/mol. The van der Waals surface area contributed by atoms with Crippen LogP contribution in [0.5, 0.6) is 0 Å². The SMILES string of the molecule is C=C(/C=C\C(C)=N)N(C)C(C)C. The van der Waals surface area contributed by atoms with Gasteiger partial charge >= 0.3 is 0 Å².